The van der Waals surface area contributed by atoms with Gasteiger partial charge in [0.25, 0.3) is 10.1 Å². The Balaban J connectivity index is -0.0000000713. The van der Waals surface area contributed by atoms with Gasteiger partial charge in [-0.2, -0.15) is 8.42 Å². The molecular formula is C14H30Na2O8S. The summed E-state index contributed by atoms with van der Waals surface area (Å²) in [5.41, 5.74) is 0. The first kappa shape index (κ1) is 33.4. The van der Waals surface area contributed by atoms with Crippen LogP contribution in [0.1, 0.15) is 61.6 Å². The Labute approximate surface area is 197 Å². The molecule has 1 atom stereocenters. The predicted molar refractivity (Wildman–Crippen MR) is 87.1 cm³/mol. The summed E-state index contributed by atoms with van der Waals surface area (Å²) in [6.45, 7) is 4.91. The summed E-state index contributed by atoms with van der Waals surface area (Å²) in [7, 11) is -4.84. The Hall–Kier alpha value is 0.810. The van der Waals surface area contributed by atoms with Gasteiger partial charge in [0.1, 0.15) is 0 Å². The zero-order chi connectivity index (χ0) is 18.5. The van der Waals surface area contributed by atoms with Gasteiger partial charge in [-0.25, -0.2) is 0 Å². The monoisotopic (exact) mass is 404 g/mol. The minimum Gasteiger partial charge on any atom is -1.00 e. The minimum atomic E-state index is -4.84. The van der Waals surface area contributed by atoms with E-state index in [4.69, 9.17) is 19.9 Å². The maximum atomic E-state index is 10.2. The summed E-state index contributed by atoms with van der Waals surface area (Å²) < 4.78 is 28.7. The zero-order valence-corrected chi connectivity index (χ0v) is 20.5. The summed E-state index contributed by atoms with van der Waals surface area (Å²) in [5, 5.41) is 22.4. The fourth-order valence-corrected chi connectivity index (χ4v) is 2.28. The van der Waals surface area contributed by atoms with E-state index in [9.17, 15) is 18.0 Å². The number of rotatable bonds is 11. The Morgan fingerprint density at radius 1 is 0.960 bits per heavy atom. The molecule has 0 rings (SSSR count). The van der Waals surface area contributed by atoms with E-state index >= 15 is 0 Å². The van der Waals surface area contributed by atoms with Gasteiger partial charge in [0, 0.05) is 6.61 Å². The van der Waals surface area contributed by atoms with Crippen LogP contribution < -0.4 is 59.1 Å². The molecule has 0 bridgehead atoms. The maximum Gasteiger partial charge on any atom is 1.00 e. The van der Waals surface area contributed by atoms with Gasteiger partial charge in [-0.15, -0.1) is 0 Å². The molecule has 0 saturated carbocycles. The Morgan fingerprint density at radius 3 is 1.68 bits per heavy atom. The minimum absolute atomic E-state index is 0. The average molecular weight is 404 g/mol. The van der Waals surface area contributed by atoms with Crippen LogP contribution >= 0.6 is 0 Å². The Kier molecular flexibility index (Phi) is 26.1. The summed E-state index contributed by atoms with van der Waals surface area (Å²) in [5.74, 6) is -2.65. The van der Waals surface area contributed by atoms with Crippen molar-refractivity contribution >= 4 is 22.1 Å². The molecule has 11 heteroatoms. The average Bonchev–Trinajstić information content (AvgIpc) is 2.39. The molecule has 8 nitrogen and oxygen atoms in total. The van der Waals surface area contributed by atoms with Crippen molar-refractivity contribution in [3.63, 3.8) is 0 Å². The van der Waals surface area contributed by atoms with E-state index in [-0.39, 0.29) is 62.0 Å². The van der Waals surface area contributed by atoms with Gasteiger partial charge >= 0.3 is 71.1 Å². The van der Waals surface area contributed by atoms with Crippen LogP contribution in [0.2, 0.25) is 0 Å². The number of hydrogen-bond acceptors (Lipinski definition) is 5. The SMILES string of the molecule is CC(C)CCCCCCCO.O=C(O)CC(C(=O)O)S(=O)(=O)O.[H-].[H-].[Na+].[Na+]. The van der Waals surface area contributed by atoms with E-state index in [2.05, 4.69) is 13.8 Å². The molecular weight excluding hydrogens is 374 g/mol. The molecule has 0 saturated heterocycles. The van der Waals surface area contributed by atoms with Crippen molar-refractivity contribution in [2.45, 2.75) is 64.0 Å². The van der Waals surface area contributed by atoms with Crippen LogP contribution in [0.4, 0.5) is 0 Å². The molecule has 0 aromatic heterocycles. The van der Waals surface area contributed by atoms with Crippen molar-refractivity contribution in [3.05, 3.63) is 0 Å². The van der Waals surface area contributed by atoms with Gasteiger partial charge in [0.05, 0.1) is 6.42 Å². The van der Waals surface area contributed by atoms with E-state index in [1.165, 1.54) is 32.1 Å². The number of aliphatic hydroxyl groups excluding tert-OH is 1. The molecule has 142 valence electrons. The predicted octanol–water partition coefficient (Wildman–Crippen LogP) is -3.99. The second-order valence-electron chi connectivity index (χ2n) is 5.61. The molecule has 0 aliphatic carbocycles. The molecule has 25 heavy (non-hydrogen) atoms. The molecule has 0 aromatic rings. The van der Waals surface area contributed by atoms with Crippen LogP contribution in [0.3, 0.4) is 0 Å². The molecule has 0 amide bonds. The van der Waals surface area contributed by atoms with Crippen LogP contribution in [0.5, 0.6) is 0 Å². The number of unbranched alkanes of at least 4 members (excludes halogenated alkanes) is 4. The number of carbonyl (C=O) groups is 2. The fraction of sp³-hybridized carbons (Fsp3) is 0.857. The molecule has 4 N–H and O–H groups in total. The molecule has 0 spiro atoms. The van der Waals surface area contributed by atoms with Gasteiger partial charge in [-0.05, 0) is 12.3 Å². The van der Waals surface area contributed by atoms with Crippen molar-refractivity contribution in [2.24, 2.45) is 5.92 Å². The van der Waals surface area contributed by atoms with E-state index < -0.39 is 33.7 Å². The largest absolute Gasteiger partial charge is 1.00 e. The number of aliphatic hydroxyl groups is 1. The second-order valence-corrected chi connectivity index (χ2v) is 7.21. The third-order valence-corrected chi connectivity index (χ3v) is 4.02. The van der Waals surface area contributed by atoms with Crippen LogP contribution in [-0.4, -0.2) is 52.1 Å². The van der Waals surface area contributed by atoms with Crippen molar-refractivity contribution in [3.8, 4) is 0 Å². The van der Waals surface area contributed by atoms with Gasteiger partial charge in [0.2, 0.25) is 0 Å². The standard InChI is InChI=1S/C10H22O.C4H6O7S.2Na.2H/c1-10(2)8-6-4-3-5-7-9-11;5-3(6)1-2(4(7)8)12(9,10)11;;;;/h10-11H,3-9H2,1-2H3;2H,1H2,(H,5,6)(H,7,8)(H,9,10,11);;;;/q;;2*+1;2*-1. The van der Waals surface area contributed by atoms with E-state index in [1.807, 2.05) is 0 Å². The molecule has 0 fully saturated rings. The van der Waals surface area contributed by atoms with Crippen LogP contribution in [-0.2, 0) is 19.7 Å². The molecule has 0 aliphatic rings. The first-order chi connectivity index (χ1) is 10.5. The van der Waals surface area contributed by atoms with Gasteiger partial charge in [-0.3, -0.25) is 14.1 Å². The van der Waals surface area contributed by atoms with Crippen molar-refractivity contribution in [2.75, 3.05) is 6.61 Å². The quantitative estimate of drug-likeness (QED) is 0.155. The van der Waals surface area contributed by atoms with E-state index in [1.54, 1.807) is 0 Å². The number of carboxylic acids is 2. The normalized spacial score (nSPS) is 11.4. The van der Waals surface area contributed by atoms with Crippen molar-refractivity contribution in [1.29, 1.82) is 0 Å². The molecule has 0 aromatic carbocycles. The van der Waals surface area contributed by atoms with Crippen LogP contribution in [0, 0.1) is 5.92 Å². The smallest absolute Gasteiger partial charge is 1.00 e. The molecule has 0 aliphatic heterocycles. The van der Waals surface area contributed by atoms with Crippen molar-refractivity contribution < 1.29 is 99.8 Å². The molecule has 0 radical (unpaired) electrons. The van der Waals surface area contributed by atoms with E-state index in [0.29, 0.717) is 6.61 Å². The van der Waals surface area contributed by atoms with Crippen LogP contribution in [0.25, 0.3) is 0 Å². The molecule has 0 heterocycles. The summed E-state index contributed by atoms with van der Waals surface area (Å²) in [6, 6.07) is 0. The Morgan fingerprint density at radius 2 is 1.40 bits per heavy atom. The van der Waals surface area contributed by atoms with E-state index in [0.717, 1.165) is 12.3 Å². The third kappa shape index (κ3) is 24.8. The van der Waals surface area contributed by atoms with Gasteiger partial charge < -0.3 is 18.2 Å². The topological polar surface area (TPSA) is 149 Å². The number of hydrogen-bond donors (Lipinski definition) is 4. The zero-order valence-electron chi connectivity index (χ0n) is 17.6. The molecule has 1 unspecified atom stereocenters. The fourth-order valence-electron chi connectivity index (χ4n) is 1.67. The first-order valence-corrected chi connectivity index (χ1v) is 9.04. The number of carboxylic acid groups (broad SMARTS) is 2. The number of aliphatic carboxylic acids is 2. The second kappa shape index (κ2) is 19.6. The van der Waals surface area contributed by atoms with Crippen LogP contribution in [0.15, 0.2) is 0 Å². The summed E-state index contributed by atoms with van der Waals surface area (Å²) in [4.78, 5) is 20.0. The Bertz CT molecular complexity index is 450. The summed E-state index contributed by atoms with van der Waals surface area (Å²) >= 11 is 0. The first-order valence-electron chi connectivity index (χ1n) is 7.54. The van der Waals surface area contributed by atoms with Gasteiger partial charge in [0.15, 0.2) is 5.25 Å². The third-order valence-electron chi connectivity index (χ3n) is 2.93. The van der Waals surface area contributed by atoms with Gasteiger partial charge in [-0.1, -0.05) is 46.0 Å². The maximum absolute atomic E-state index is 10.2. The van der Waals surface area contributed by atoms with Crippen molar-refractivity contribution in [1.82, 2.24) is 0 Å². The summed E-state index contributed by atoms with van der Waals surface area (Å²) in [6.07, 6.45) is 6.40.